The van der Waals surface area contributed by atoms with Crippen LogP contribution in [0.15, 0.2) is 35.7 Å². The third kappa shape index (κ3) is 2.56. The summed E-state index contributed by atoms with van der Waals surface area (Å²) in [6, 6.07) is 10.6. The molecular weight excluding hydrogens is 254 g/mol. The van der Waals surface area contributed by atoms with Crippen molar-refractivity contribution in [3.8, 4) is 0 Å². The topological polar surface area (TPSA) is 29.1 Å². The number of hydrogen-bond donors (Lipinski definition) is 1. The fraction of sp³-hybridized carbons (Fsp3) is 0.312. The quantitative estimate of drug-likeness (QED) is 0.882. The lowest BCUT2D eigenvalue weighted by Gasteiger charge is -2.26. The van der Waals surface area contributed by atoms with E-state index >= 15 is 0 Å². The third-order valence-corrected chi connectivity index (χ3v) is 4.53. The zero-order valence-electron chi connectivity index (χ0n) is 11.0. The summed E-state index contributed by atoms with van der Waals surface area (Å²) in [5.74, 6) is 0.0473. The zero-order valence-corrected chi connectivity index (χ0v) is 11.8. The number of nitrogens with one attached hydrogen (secondary N) is 1. The molecule has 3 heteroatoms. The molecule has 1 aromatic heterocycles. The second kappa shape index (κ2) is 5.17. The summed E-state index contributed by atoms with van der Waals surface area (Å²) >= 11 is 1.62. The molecular formula is C16H17NOS. The molecule has 2 nitrogen and oxygen atoms in total. The fourth-order valence-electron chi connectivity index (χ4n) is 2.71. The number of benzene rings is 1. The van der Waals surface area contributed by atoms with Gasteiger partial charge < -0.3 is 5.32 Å². The van der Waals surface area contributed by atoms with Gasteiger partial charge in [0.25, 0.3) is 5.91 Å². The van der Waals surface area contributed by atoms with E-state index in [9.17, 15) is 4.79 Å². The average molecular weight is 271 g/mol. The van der Waals surface area contributed by atoms with Crippen molar-refractivity contribution in [2.24, 2.45) is 0 Å². The molecule has 2 aromatic rings. The summed E-state index contributed by atoms with van der Waals surface area (Å²) in [4.78, 5) is 13.4. The van der Waals surface area contributed by atoms with Crippen LogP contribution < -0.4 is 5.32 Å². The van der Waals surface area contributed by atoms with Crippen molar-refractivity contribution in [2.45, 2.75) is 32.2 Å². The zero-order chi connectivity index (χ0) is 13.2. The van der Waals surface area contributed by atoms with Crippen molar-refractivity contribution in [1.29, 1.82) is 0 Å². The number of fused-ring (bicyclic) bond motifs is 1. The van der Waals surface area contributed by atoms with Gasteiger partial charge in [-0.2, -0.15) is 0 Å². The molecule has 0 unspecified atom stereocenters. The minimum Gasteiger partial charge on any atom is -0.345 e. The number of rotatable bonds is 2. The van der Waals surface area contributed by atoms with Crippen molar-refractivity contribution in [3.63, 3.8) is 0 Å². The maximum absolute atomic E-state index is 12.2. The Morgan fingerprint density at radius 3 is 3.00 bits per heavy atom. The van der Waals surface area contributed by atoms with Crippen molar-refractivity contribution >= 4 is 17.2 Å². The molecule has 0 saturated carbocycles. The number of carbonyl (C=O) groups excluding carboxylic acids is 1. The molecule has 1 aromatic carbocycles. The van der Waals surface area contributed by atoms with E-state index in [1.54, 1.807) is 11.3 Å². The van der Waals surface area contributed by atoms with Gasteiger partial charge in [-0.1, -0.05) is 24.3 Å². The van der Waals surface area contributed by atoms with Gasteiger partial charge in [0.15, 0.2) is 0 Å². The highest BCUT2D eigenvalue weighted by atomic mass is 32.1. The van der Waals surface area contributed by atoms with Gasteiger partial charge in [-0.25, -0.2) is 0 Å². The predicted molar refractivity (Wildman–Crippen MR) is 78.6 cm³/mol. The predicted octanol–water partition coefficient (Wildman–Crippen LogP) is 3.86. The van der Waals surface area contributed by atoms with Gasteiger partial charge >= 0.3 is 0 Å². The van der Waals surface area contributed by atoms with Crippen LogP contribution in [0.25, 0.3) is 0 Å². The Kier molecular flexibility index (Phi) is 3.38. The number of hydrogen-bond acceptors (Lipinski definition) is 2. The van der Waals surface area contributed by atoms with E-state index in [2.05, 4.69) is 29.6 Å². The van der Waals surface area contributed by atoms with Crippen LogP contribution in [0.3, 0.4) is 0 Å². The Hall–Kier alpha value is -1.61. The van der Waals surface area contributed by atoms with Gasteiger partial charge in [0, 0.05) is 10.3 Å². The highest BCUT2D eigenvalue weighted by Crippen LogP contribution is 2.29. The third-order valence-electron chi connectivity index (χ3n) is 3.67. The summed E-state index contributed by atoms with van der Waals surface area (Å²) in [6.07, 6.45) is 3.30. The lowest BCUT2D eigenvalue weighted by atomic mass is 9.87. The van der Waals surface area contributed by atoms with Gasteiger partial charge in [0.2, 0.25) is 0 Å². The first-order chi connectivity index (χ1) is 9.24. The molecule has 3 rings (SSSR count). The number of aryl methyl sites for hydroxylation is 2. The average Bonchev–Trinajstić information content (AvgIpc) is 2.86. The minimum atomic E-state index is 0.0473. The van der Waals surface area contributed by atoms with E-state index in [-0.39, 0.29) is 11.9 Å². The monoisotopic (exact) mass is 271 g/mol. The molecule has 0 spiro atoms. The van der Waals surface area contributed by atoms with Gasteiger partial charge in [-0.05, 0) is 43.4 Å². The van der Waals surface area contributed by atoms with E-state index < -0.39 is 0 Å². The highest BCUT2D eigenvalue weighted by Gasteiger charge is 2.21. The molecule has 1 amide bonds. The summed E-state index contributed by atoms with van der Waals surface area (Å²) in [5.41, 5.74) is 3.44. The van der Waals surface area contributed by atoms with E-state index in [0.717, 1.165) is 24.8 Å². The molecule has 98 valence electrons. The largest absolute Gasteiger partial charge is 0.345 e. The Morgan fingerprint density at radius 2 is 2.21 bits per heavy atom. The van der Waals surface area contributed by atoms with Crippen LogP contribution in [0.1, 0.15) is 45.2 Å². The number of thiophene rings is 1. The first-order valence-corrected chi connectivity index (χ1v) is 7.56. The van der Waals surface area contributed by atoms with Crippen LogP contribution in [0.2, 0.25) is 0 Å². The molecule has 0 fully saturated rings. The van der Waals surface area contributed by atoms with Gasteiger partial charge in [0.1, 0.15) is 0 Å². The molecule has 1 aliphatic rings. The maximum Gasteiger partial charge on any atom is 0.252 e. The molecule has 0 bridgehead atoms. The Balaban J connectivity index is 1.79. The molecule has 1 atom stereocenters. The molecule has 0 saturated heterocycles. The van der Waals surface area contributed by atoms with Crippen LogP contribution in [0.5, 0.6) is 0 Å². The van der Waals surface area contributed by atoms with Crippen molar-refractivity contribution in [1.82, 2.24) is 5.32 Å². The van der Waals surface area contributed by atoms with Crippen molar-refractivity contribution in [2.75, 3.05) is 0 Å². The lowest BCUT2D eigenvalue weighted by Crippen LogP contribution is -2.30. The van der Waals surface area contributed by atoms with Crippen LogP contribution in [0.4, 0.5) is 0 Å². The summed E-state index contributed by atoms with van der Waals surface area (Å²) in [6.45, 7) is 2.03. The molecule has 19 heavy (non-hydrogen) atoms. The van der Waals surface area contributed by atoms with Crippen LogP contribution in [-0.4, -0.2) is 5.91 Å². The van der Waals surface area contributed by atoms with E-state index in [4.69, 9.17) is 0 Å². The Bertz CT molecular complexity index is 602. The Labute approximate surface area is 117 Å². The van der Waals surface area contributed by atoms with E-state index in [0.29, 0.717) is 0 Å². The fourth-order valence-corrected chi connectivity index (χ4v) is 3.39. The molecule has 1 aliphatic carbocycles. The Morgan fingerprint density at radius 1 is 1.37 bits per heavy atom. The van der Waals surface area contributed by atoms with E-state index in [1.165, 1.54) is 16.0 Å². The van der Waals surface area contributed by atoms with Crippen molar-refractivity contribution in [3.05, 3.63) is 57.3 Å². The first kappa shape index (κ1) is 12.4. The number of amides is 1. The standard InChI is InChI=1S/C16H17NOS/c1-11-9-13(10-19-11)16(18)17-15-8-4-6-12-5-2-3-7-14(12)15/h2-3,5,7,9-10,15H,4,6,8H2,1H3,(H,17,18)/t15-/m0/s1. The van der Waals surface area contributed by atoms with Gasteiger partial charge in [0.05, 0.1) is 11.6 Å². The van der Waals surface area contributed by atoms with Crippen molar-refractivity contribution < 1.29 is 4.79 Å². The second-order valence-corrected chi connectivity index (χ2v) is 6.18. The van der Waals surface area contributed by atoms with Crippen LogP contribution in [0, 0.1) is 6.92 Å². The smallest absolute Gasteiger partial charge is 0.252 e. The highest BCUT2D eigenvalue weighted by molar-refractivity contribution is 7.10. The van der Waals surface area contributed by atoms with E-state index in [1.807, 2.05) is 18.4 Å². The molecule has 1 heterocycles. The van der Waals surface area contributed by atoms with Crippen LogP contribution in [-0.2, 0) is 6.42 Å². The summed E-state index contributed by atoms with van der Waals surface area (Å²) in [5, 5.41) is 5.10. The number of carbonyl (C=O) groups is 1. The maximum atomic E-state index is 12.2. The summed E-state index contributed by atoms with van der Waals surface area (Å²) < 4.78 is 0. The molecule has 0 radical (unpaired) electrons. The van der Waals surface area contributed by atoms with Crippen LogP contribution >= 0.6 is 11.3 Å². The molecule has 1 N–H and O–H groups in total. The normalized spacial score (nSPS) is 17.8. The first-order valence-electron chi connectivity index (χ1n) is 6.68. The SMILES string of the molecule is Cc1cc(C(=O)N[C@H]2CCCc3ccccc32)cs1. The summed E-state index contributed by atoms with van der Waals surface area (Å²) in [7, 11) is 0. The van der Waals surface area contributed by atoms with Gasteiger partial charge in [-0.3, -0.25) is 4.79 Å². The minimum absolute atomic E-state index is 0.0473. The lowest BCUT2D eigenvalue weighted by molar-refractivity contribution is 0.0933. The second-order valence-electron chi connectivity index (χ2n) is 5.06. The molecule has 0 aliphatic heterocycles. The van der Waals surface area contributed by atoms with Gasteiger partial charge in [-0.15, -0.1) is 11.3 Å².